The summed E-state index contributed by atoms with van der Waals surface area (Å²) >= 11 is 4.71. The van der Waals surface area contributed by atoms with Crippen LogP contribution in [0.3, 0.4) is 0 Å². The quantitative estimate of drug-likeness (QED) is 0.659. The summed E-state index contributed by atoms with van der Waals surface area (Å²) in [5, 5.41) is 18.7. The van der Waals surface area contributed by atoms with Crippen molar-refractivity contribution in [2.24, 2.45) is 0 Å². The molecule has 0 unspecified atom stereocenters. The molecule has 1 heterocycles. The van der Waals surface area contributed by atoms with Crippen LogP contribution in [0.1, 0.15) is 5.56 Å². The summed E-state index contributed by atoms with van der Waals surface area (Å²) in [5.74, 6) is -0.0161. The van der Waals surface area contributed by atoms with Gasteiger partial charge in [-0.2, -0.15) is 0 Å². The zero-order valence-electron chi connectivity index (χ0n) is 9.75. The van der Waals surface area contributed by atoms with Gasteiger partial charge in [0.05, 0.1) is 5.03 Å². The SMILES string of the molecule is OB(O)c1ccc(CSc2ccc(Br)cn2)c(F)c1. The number of nitrogens with zero attached hydrogens (tertiary/aromatic N) is 1. The van der Waals surface area contributed by atoms with E-state index in [2.05, 4.69) is 20.9 Å². The van der Waals surface area contributed by atoms with Gasteiger partial charge in [-0.3, -0.25) is 0 Å². The molecule has 0 aliphatic carbocycles. The first-order chi connectivity index (χ1) is 9.06. The lowest BCUT2D eigenvalue weighted by Gasteiger charge is -2.05. The van der Waals surface area contributed by atoms with Crippen LogP contribution in [0.5, 0.6) is 0 Å². The summed E-state index contributed by atoms with van der Waals surface area (Å²) in [6.45, 7) is 0. The highest BCUT2D eigenvalue weighted by atomic mass is 79.9. The Kier molecular flexibility index (Phi) is 4.98. The average Bonchev–Trinajstić information content (AvgIpc) is 2.39. The lowest BCUT2D eigenvalue weighted by molar-refractivity contribution is 0.425. The Morgan fingerprint density at radius 1 is 1.26 bits per heavy atom. The Balaban J connectivity index is 2.05. The highest BCUT2D eigenvalue weighted by molar-refractivity contribution is 9.10. The number of thioether (sulfide) groups is 1. The molecule has 0 spiro atoms. The van der Waals surface area contributed by atoms with Gasteiger partial charge in [-0.05, 0) is 45.2 Å². The van der Waals surface area contributed by atoms with Gasteiger partial charge >= 0.3 is 7.12 Å². The van der Waals surface area contributed by atoms with Crippen LogP contribution in [0, 0.1) is 5.82 Å². The second-order valence-corrected chi connectivity index (χ2v) is 5.74. The molecule has 0 saturated carbocycles. The fourth-order valence-corrected chi connectivity index (χ4v) is 2.50. The summed E-state index contributed by atoms with van der Waals surface area (Å²) in [7, 11) is -1.65. The molecule has 0 amide bonds. The van der Waals surface area contributed by atoms with E-state index < -0.39 is 12.9 Å². The van der Waals surface area contributed by atoms with Crippen molar-refractivity contribution >= 4 is 40.3 Å². The predicted octanol–water partition coefficient (Wildman–Crippen LogP) is 1.96. The number of halogens is 2. The number of benzene rings is 1. The largest absolute Gasteiger partial charge is 0.488 e. The highest BCUT2D eigenvalue weighted by Gasteiger charge is 2.13. The Labute approximate surface area is 123 Å². The van der Waals surface area contributed by atoms with Crippen LogP contribution in [0.2, 0.25) is 0 Å². The molecule has 0 radical (unpaired) electrons. The molecule has 2 aromatic rings. The maximum absolute atomic E-state index is 13.7. The maximum atomic E-state index is 13.7. The van der Waals surface area contributed by atoms with Gasteiger partial charge in [-0.1, -0.05) is 12.1 Å². The Morgan fingerprint density at radius 3 is 2.63 bits per heavy atom. The average molecular weight is 342 g/mol. The molecule has 0 atom stereocenters. The zero-order valence-corrected chi connectivity index (χ0v) is 12.2. The van der Waals surface area contributed by atoms with Crippen LogP contribution in [0.4, 0.5) is 4.39 Å². The van der Waals surface area contributed by atoms with Crippen molar-refractivity contribution in [3.8, 4) is 0 Å². The summed E-state index contributed by atoms with van der Waals surface area (Å²) in [4.78, 5) is 4.18. The molecule has 7 heteroatoms. The van der Waals surface area contributed by atoms with Crippen molar-refractivity contribution in [1.82, 2.24) is 4.98 Å². The van der Waals surface area contributed by atoms with E-state index in [1.165, 1.54) is 17.8 Å². The summed E-state index contributed by atoms with van der Waals surface area (Å²) < 4.78 is 14.6. The van der Waals surface area contributed by atoms with E-state index in [-0.39, 0.29) is 5.46 Å². The predicted molar refractivity (Wildman–Crippen MR) is 77.7 cm³/mol. The lowest BCUT2D eigenvalue weighted by atomic mass is 9.80. The van der Waals surface area contributed by atoms with Gasteiger partial charge in [-0.25, -0.2) is 9.37 Å². The van der Waals surface area contributed by atoms with Gasteiger partial charge < -0.3 is 10.0 Å². The minimum Gasteiger partial charge on any atom is -0.423 e. The van der Waals surface area contributed by atoms with Gasteiger partial charge in [0, 0.05) is 16.4 Å². The molecule has 2 rings (SSSR count). The monoisotopic (exact) mass is 341 g/mol. The third kappa shape index (κ3) is 4.04. The third-order valence-electron chi connectivity index (χ3n) is 2.45. The normalized spacial score (nSPS) is 10.5. The summed E-state index contributed by atoms with van der Waals surface area (Å²) in [6.07, 6.45) is 1.68. The van der Waals surface area contributed by atoms with Crippen molar-refractivity contribution in [2.75, 3.05) is 0 Å². The molecule has 1 aromatic heterocycles. The van der Waals surface area contributed by atoms with Crippen LogP contribution in [0.25, 0.3) is 0 Å². The van der Waals surface area contributed by atoms with Crippen molar-refractivity contribution < 1.29 is 14.4 Å². The van der Waals surface area contributed by atoms with E-state index in [4.69, 9.17) is 10.0 Å². The molecule has 0 aliphatic rings. The molecule has 0 fully saturated rings. The van der Waals surface area contributed by atoms with Crippen molar-refractivity contribution in [3.05, 3.63) is 52.4 Å². The molecule has 2 N–H and O–H groups in total. The van der Waals surface area contributed by atoms with E-state index in [0.29, 0.717) is 11.3 Å². The highest BCUT2D eigenvalue weighted by Crippen LogP contribution is 2.23. The molecule has 19 heavy (non-hydrogen) atoms. The molecule has 0 aliphatic heterocycles. The molecule has 0 bridgehead atoms. The smallest absolute Gasteiger partial charge is 0.423 e. The number of hydrogen-bond donors (Lipinski definition) is 2. The first-order valence-corrected chi connectivity index (χ1v) is 7.23. The second kappa shape index (κ2) is 6.52. The number of hydrogen-bond acceptors (Lipinski definition) is 4. The van der Waals surface area contributed by atoms with Gasteiger partial charge in [0.25, 0.3) is 0 Å². The van der Waals surface area contributed by atoms with Crippen LogP contribution < -0.4 is 5.46 Å². The van der Waals surface area contributed by atoms with Crippen LogP contribution in [-0.4, -0.2) is 22.2 Å². The minimum absolute atomic E-state index is 0.146. The van der Waals surface area contributed by atoms with Gasteiger partial charge in [-0.15, -0.1) is 11.8 Å². The number of aromatic nitrogens is 1. The van der Waals surface area contributed by atoms with Gasteiger partial charge in [0.15, 0.2) is 0 Å². The second-order valence-electron chi connectivity index (χ2n) is 3.83. The Morgan fingerprint density at radius 2 is 2.05 bits per heavy atom. The standard InChI is InChI=1S/C12H10BBrFNO2S/c14-10-3-4-12(16-6-10)19-7-8-1-2-9(13(17)18)5-11(8)15/h1-6,17-18H,7H2. The zero-order chi connectivity index (χ0) is 13.8. The van der Waals surface area contributed by atoms with Crippen molar-refractivity contribution in [3.63, 3.8) is 0 Å². The molecular formula is C12H10BBrFNO2S. The van der Waals surface area contributed by atoms with E-state index >= 15 is 0 Å². The van der Waals surface area contributed by atoms with E-state index in [0.717, 1.165) is 15.6 Å². The van der Waals surface area contributed by atoms with Crippen LogP contribution >= 0.6 is 27.7 Å². The van der Waals surface area contributed by atoms with E-state index in [9.17, 15) is 4.39 Å². The first kappa shape index (κ1) is 14.5. The van der Waals surface area contributed by atoms with Gasteiger partial charge in [0.2, 0.25) is 0 Å². The van der Waals surface area contributed by atoms with E-state index in [1.54, 1.807) is 12.3 Å². The fourth-order valence-electron chi connectivity index (χ4n) is 1.44. The van der Waals surface area contributed by atoms with Crippen molar-refractivity contribution in [2.45, 2.75) is 10.8 Å². The summed E-state index contributed by atoms with van der Waals surface area (Å²) in [6, 6.07) is 7.90. The lowest BCUT2D eigenvalue weighted by Crippen LogP contribution is -2.30. The van der Waals surface area contributed by atoms with Gasteiger partial charge in [0.1, 0.15) is 5.82 Å². The molecule has 98 valence electrons. The summed E-state index contributed by atoms with van der Waals surface area (Å²) in [5.41, 5.74) is 0.645. The Bertz CT molecular complexity index is 568. The minimum atomic E-state index is -1.65. The molecular weight excluding hydrogens is 332 g/mol. The van der Waals surface area contributed by atoms with Crippen LogP contribution in [-0.2, 0) is 5.75 Å². The topological polar surface area (TPSA) is 53.4 Å². The molecule has 3 nitrogen and oxygen atoms in total. The van der Waals surface area contributed by atoms with E-state index in [1.807, 2.05) is 12.1 Å². The fraction of sp³-hybridized carbons (Fsp3) is 0.0833. The third-order valence-corrected chi connectivity index (χ3v) is 3.91. The Hall–Kier alpha value is -0.885. The van der Waals surface area contributed by atoms with Crippen LogP contribution in [0.15, 0.2) is 46.0 Å². The maximum Gasteiger partial charge on any atom is 0.488 e. The van der Waals surface area contributed by atoms with Crippen molar-refractivity contribution in [1.29, 1.82) is 0 Å². The number of pyridine rings is 1. The first-order valence-electron chi connectivity index (χ1n) is 5.45. The molecule has 0 saturated heterocycles. The molecule has 1 aromatic carbocycles. The number of rotatable bonds is 4.